The largest absolute Gasteiger partial charge is 0.296 e. The van der Waals surface area contributed by atoms with Gasteiger partial charge in [0.25, 0.3) is 0 Å². The highest BCUT2D eigenvalue weighted by Crippen LogP contribution is 2.31. The number of rotatable bonds is 0. The first-order valence-electron chi connectivity index (χ1n) is 6.52. The van der Waals surface area contributed by atoms with Crippen LogP contribution in [0.2, 0.25) is 0 Å². The minimum atomic E-state index is 1.05. The van der Waals surface area contributed by atoms with E-state index in [1.165, 1.54) is 27.2 Å². The summed E-state index contributed by atoms with van der Waals surface area (Å²) in [7, 11) is 0. The predicted octanol–water partition coefficient (Wildman–Crippen LogP) is 4.26. The summed E-state index contributed by atoms with van der Waals surface area (Å²) in [4.78, 5) is 4.65. The number of nitrogens with zero attached hydrogens (tertiary/aromatic N) is 2. The van der Waals surface area contributed by atoms with Crippen molar-refractivity contribution < 1.29 is 0 Å². The molecular weight excluding hydrogens is 232 g/mol. The molecule has 19 heavy (non-hydrogen) atoms. The molecule has 2 heteroatoms. The van der Waals surface area contributed by atoms with Crippen LogP contribution in [-0.4, -0.2) is 9.38 Å². The summed E-state index contributed by atoms with van der Waals surface area (Å²) in [6, 6.07) is 17.1. The fraction of sp³-hybridized carbons (Fsp3) is 0.118. The van der Waals surface area contributed by atoms with E-state index in [0.29, 0.717) is 0 Å². The smallest absolute Gasteiger partial charge is 0.110 e. The standard InChI is InChI=1S/C17H14N2/c1-11-17-15-9-4-3-7-13(15)14-8-5-6-10-16(14)19(17)12(2)18-11/h3-10H,1-2H3. The van der Waals surface area contributed by atoms with Crippen molar-refractivity contribution in [3.63, 3.8) is 0 Å². The summed E-state index contributed by atoms with van der Waals surface area (Å²) < 4.78 is 2.27. The van der Waals surface area contributed by atoms with Gasteiger partial charge in [0.05, 0.1) is 16.7 Å². The van der Waals surface area contributed by atoms with Crippen LogP contribution in [0.1, 0.15) is 11.5 Å². The molecular formula is C17H14N2. The minimum absolute atomic E-state index is 1.05. The lowest BCUT2D eigenvalue weighted by Crippen LogP contribution is -1.92. The maximum Gasteiger partial charge on any atom is 0.110 e. The molecule has 2 aromatic heterocycles. The SMILES string of the molecule is Cc1nc(C)n2c3ccccc3c3ccccc3c12. The molecule has 0 bridgehead atoms. The summed E-state index contributed by atoms with van der Waals surface area (Å²) >= 11 is 0. The number of aryl methyl sites for hydroxylation is 2. The van der Waals surface area contributed by atoms with Crippen molar-refractivity contribution in [1.82, 2.24) is 9.38 Å². The molecule has 0 aliphatic heterocycles. The molecule has 0 saturated heterocycles. The number of benzene rings is 2. The number of hydrogen-bond donors (Lipinski definition) is 0. The van der Waals surface area contributed by atoms with Crippen molar-refractivity contribution in [3.05, 3.63) is 60.0 Å². The highest BCUT2D eigenvalue weighted by Gasteiger charge is 2.12. The molecule has 4 rings (SSSR count). The number of pyridine rings is 1. The summed E-state index contributed by atoms with van der Waals surface area (Å²) in [6.07, 6.45) is 0. The second kappa shape index (κ2) is 3.58. The van der Waals surface area contributed by atoms with Crippen molar-refractivity contribution in [3.8, 4) is 0 Å². The van der Waals surface area contributed by atoms with Crippen molar-refractivity contribution in [1.29, 1.82) is 0 Å². The predicted molar refractivity (Wildman–Crippen MR) is 79.7 cm³/mol. The van der Waals surface area contributed by atoms with Gasteiger partial charge in [0, 0.05) is 10.8 Å². The molecule has 0 atom stereocenters. The van der Waals surface area contributed by atoms with Crippen LogP contribution in [0.15, 0.2) is 48.5 Å². The van der Waals surface area contributed by atoms with E-state index in [0.717, 1.165) is 11.5 Å². The molecule has 0 radical (unpaired) electrons. The van der Waals surface area contributed by atoms with Crippen molar-refractivity contribution in [2.24, 2.45) is 0 Å². The Kier molecular flexibility index (Phi) is 1.99. The molecule has 0 fully saturated rings. The zero-order valence-electron chi connectivity index (χ0n) is 11.0. The molecule has 0 saturated carbocycles. The second-order valence-corrected chi connectivity index (χ2v) is 4.99. The van der Waals surface area contributed by atoms with Gasteiger partial charge in [0.15, 0.2) is 0 Å². The first kappa shape index (κ1) is 10.6. The zero-order valence-corrected chi connectivity index (χ0v) is 11.0. The lowest BCUT2D eigenvalue weighted by atomic mass is 10.0. The van der Waals surface area contributed by atoms with Crippen molar-refractivity contribution in [2.75, 3.05) is 0 Å². The van der Waals surface area contributed by atoms with Crippen molar-refractivity contribution >= 4 is 27.2 Å². The molecule has 0 aliphatic carbocycles. The topological polar surface area (TPSA) is 17.3 Å². The van der Waals surface area contributed by atoms with Crippen LogP contribution >= 0.6 is 0 Å². The van der Waals surface area contributed by atoms with Gasteiger partial charge in [-0.15, -0.1) is 0 Å². The third-order valence-electron chi connectivity index (χ3n) is 3.84. The average Bonchev–Trinajstić information content (AvgIpc) is 2.75. The molecule has 0 N–H and O–H groups in total. The van der Waals surface area contributed by atoms with Gasteiger partial charge in [-0.3, -0.25) is 4.40 Å². The molecule has 0 unspecified atom stereocenters. The summed E-state index contributed by atoms with van der Waals surface area (Å²) in [6.45, 7) is 4.16. The van der Waals surface area contributed by atoms with E-state index in [-0.39, 0.29) is 0 Å². The van der Waals surface area contributed by atoms with Crippen LogP contribution in [0, 0.1) is 13.8 Å². The van der Waals surface area contributed by atoms with Crippen molar-refractivity contribution in [2.45, 2.75) is 13.8 Å². The Morgan fingerprint density at radius 2 is 1.42 bits per heavy atom. The Bertz CT molecular complexity index is 856. The maximum absolute atomic E-state index is 4.65. The van der Waals surface area contributed by atoms with E-state index in [1.807, 2.05) is 0 Å². The Labute approximate surface area is 111 Å². The molecule has 4 aromatic rings. The van der Waals surface area contributed by atoms with E-state index < -0.39 is 0 Å². The molecule has 0 amide bonds. The van der Waals surface area contributed by atoms with Gasteiger partial charge in [-0.1, -0.05) is 42.5 Å². The lowest BCUT2D eigenvalue weighted by molar-refractivity contribution is 1.07. The Balaban J connectivity index is 2.49. The molecule has 92 valence electrons. The second-order valence-electron chi connectivity index (χ2n) is 4.99. The van der Waals surface area contributed by atoms with Gasteiger partial charge in [-0.25, -0.2) is 4.98 Å². The molecule has 0 aliphatic rings. The third kappa shape index (κ3) is 1.28. The number of para-hydroxylation sites is 1. The zero-order chi connectivity index (χ0) is 13.0. The highest BCUT2D eigenvalue weighted by molar-refractivity contribution is 6.13. The number of aromatic nitrogens is 2. The quantitative estimate of drug-likeness (QED) is 0.424. The number of hydrogen-bond acceptors (Lipinski definition) is 1. The number of imidazole rings is 1. The van der Waals surface area contributed by atoms with Gasteiger partial charge >= 0.3 is 0 Å². The van der Waals surface area contributed by atoms with Gasteiger partial charge in [-0.05, 0) is 25.3 Å². The van der Waals surface area contributed by atoms with Gasteiger partial charge in [0.2, 0.25) is 0 Å². The van der Waals surface area contributed by atoms with Crippen LogP contribution in [0.3, 0.4) is 0 Å². The van der Waals surface area contributed by atoms with Crippen LogP contribution in [0.4, 0.5) is 0 Å². The molecule has 0 spiro atoms. The Morgan fingerprint density at radius 1 is 0.789 bits per heavy atom. The van der Waals surface area contributed by atoms with E-state index in [2.05, 4.69) is 71.8 Å². The summed E-state index contributed by atoms with van der Waals surface area (Å²) in [5, 5.41) is 3.86. The molecule has 2 aromatic carbocycles. The van der Waals surface area contributed by atoms with Gasteiger partial charge in [0.1, 0.15) is 5.82 Å². The molecule has 2 heterocycles. The first-order chi connectivity index (χ1) is 9.27. The van der Waals surface area contributed by atoms with E-state index in [1.54, 1.807) is 0 Å². The average molecular weight is 246 g/mol. The van der Waals surface area contributed by atoms with Crippen LogP contribution in [-0.2, 0) is 0 Å². The highest BCUT2D eigenvalue weighted by atomic mass is 15.0. The third-order valence-corrected chi connectivity index (χ3v) is 3.84. The lowest BCUT2D eigenvalue weighted by Gasteiger charge is -2.09. The fourth-order valence-electron chi connectivity index (χ4n) is 3.10. The van der Waals surface area contributed by atoms with Crippen LogP contribution < -0.4 is 0 Å². The number of fused-ring (bicyclic) bond motifs is 6. The Hall–Kier alpha value is -2.35. The summed E-state index contributed by atoms with van der Waals surface area (Å²) in [5.41, 5.74) is 3.56. The first-order valence-corrected chi connectivity index (χ1v) is 6.52. The monoisotopic (exact) mass is 246 g/mol. The van der Waals surface area contributed by atoms with Gasteiger partial charge < -0.3 is 0 Å². The molecule has 2 nitrogen and oxygen atoms in total. The maximum atomic E-state index is 4.65. The minimum Gasteiger partial charge on any atom is -0.296 e. The van der Waals surface area contributed by atoms with Crippen LogP contribution in [0.25, 0.3) is 27.2 Å². The van der Waals surface area contributed by atoms with E-state index >= 15 is 0 Å². The normalized spacial score (nSPS) is 11.7. The van der Waals surface area contributed by atoms with Gasteiger partial charge in [-0.2, -0.15) is 0 Å². The summed E-state index contributed by atoms with van der Waals surface area (Å²) in [5.74, 6) is 1.05. The van der Waals surface area contributed by atoms with E-state index in [4.69, 9.17) is 0 Å². The fourth-order valence-corrected chi connectivity index (χ4v) is 3.10. The Morgan fingerprint density at radius 3 is 2.21 bits per heavy atom. The van der Waals surface area contributed by atoms with E-state index in [9.17, 15) is 0 Å². The van der Waals surface area contributed by atoms with Crippen LogP contribution in [0.5, 0.6) is 0 Å².